The van der Waals surface area contributed by atoms with Gasteiger partial charge in [-0.25, -0.2) is 29.9 Å². The van der Waals surface area contributed by atoms with Crippen molar-refractivity contribution in [2.75, 3.05) is 0 Å². The van der Waals surface area contributed by atoms with Crippen LogP contribution in [0.25, 0.3) is 33.1 Å². The van der Waals surface area contributed by atoms with Gasteiger partial charge in [0.15, 0.2) is 0 Å². The van der Waals surface area contributed by atoms with Gasteiger partial charge in [0.05, 0.1) is 18.6 Å². The van der Waals surface area contributed by atoms with Gasteiger partial charge >= 0.3 is 0 Å². The molecule has 0 N–H and O–H groups in total. The fourth-order valence-electron chi connectivity index (χ4n) is 2.12. The quantitative estimate of drug-likeness (QED) is 0.364. The highest BCUT2D eigenvalue weighted by atomic mass is 79.9. The minimum absolute atomic E-state index is 0.628. The van der Waals surface area contributed by atoms with Crippen molar-refractivity contribution in [2.24, 2.45) is 0 Å². The largest absolute Gasteiger partial charge is 0.249 e. The van der Waals surface area contributed by atoms with Gasteiger partial charge in [-0.1, -0.05) is 0 Å². The second-order valence-electron chi connectivity index (χ2n) is 4.17. The second kappa shape index (κ2) is 4.85. The van der Waals surface area contributed by atoms with Gasteiger partial charge in [0.1, 0.15) is 46.9 Å². The third kappa shape index (κ3) is 2.11. The SMILES string of the molecule is Brc1cnc2c(n1)c1ncc(Br)nc1c1ncc(Br)nc21. The van der Waals surface area contributed by atoms with Crippen molar-refractivity contribution < 1.29 is 0 Å². The summed E-state index contributed by atoms with van der Waals surface area (Å²) in [6.07, 6.45) is 4.88. The highest BCUT2D eigenvalue weighted by Gasteiger charge is 2.16. The van der Waals surface area contributed by atoms with E-state index in [2.05, 4.69) is 77.7 Å². The third-order valence-corrected chi connectivity index (χ3v) is 4.05. The van der Waals surface area contributed by atoms with Crippen molar-refractivity contribution in [3.8, 4) is 0 Å². The molecule has 6 nitrogen and oxygen atoms in total. The van der Waals surface area contributed by atoms with E-state index in [0.717, 1.165) is 0 Å². The minimum atomic E-state index is 0.628. The van der Waals surface area contributed by atoms with E-state index >= 15 is 0 Å². The lowest BCUT2D eigenvalue weighted by atomic mass is 10.2. The molecule has 3 aromatic heterocycles. The molecule has 4 rings (SSSR count). The van der Waals surface area contributed by atoms with Crippen LogP contribution in [0.5, 0.6) is 0 Å². The maximum absolute atomic E-state index is 4.47. The van der Waals surface area contributed by atoms with Gasteiger partial charge in [-0.05, 0) is 47.8 Å². The fourth-order valence-corrected chi connectivity index (χ4v) is 2.96. The smallest absolute Gasteiger partial charge is 0.125 e. The van der Waals surface area contributed by atoms with Crippen molar-refractivity contribution >= 4 is 80.9 Å². The van der Waals surface area contributed by atoms with Gasteiger partial charge in [0.25, 0.3) is 0 Å². The van der Waals surface area contributed by atoms with Gasteiger partial charge in [-0.15, -0.1) is 0 Å². The van der Waals surface area contributed by atoms with Crippen LogP contribution in [0.15, 0.2) is 32.4 Å². The first-order chi connectivity index (χ1) is 10.1. The van der Waals surface area contributed by atoms with Gasteiger partial charge in [0.2, 0.25) is 0 Å². The molecule has 21 heavy (non-hydrogen) atoms. The lowest BCUT2D eigenvalue weighted by molar-refractivity contribution is 1.20. The number of nitrogens with zero attached hydrogens (tertiary/aromatic N) is 6. The van der Waals surface area contributed by atoms with E-state index in [4.69, 9.17) is 0 Å². The molecular formula is C12H3Br3N6. The van der Waals surface area contributed by atoms with E-state index in [1.165, 1.54) is 0 Å². The van der Waals surface area contributed by atoms with Crippen LogP contribution in [0.2, 0.25) is 0 Å². The lowest BCUT2D eigenvalue weighted by Crippen LogP contribution is -1.97. The number of aromatic nitrogens is 6. The van der Waals surface area contributed by atoms with Gasteiger partial charge in [-0.3, -0.25) is 0 Å². The van der Waals surface area contributed by atoms with Crippen LogP contribution in [-0.4, -0.2) is 29.9 Å². The van der Waals surface area contributed by atoms with Crippen molar-refractivity contribution in [1.29, 1.82) is 0 Å². The molecule has 0 saturated heterocycles. The van der Waals surface area contributed by atoms with Crippen LogP contribution in [0.4, 0.5) is 0 Å². The Kier molecular flexibility index (Phi) is 3.09. The molecule has 0 radical (unpaired) electrons. The average Bonchev–Trinajstić information content (AvgIpc) is 2.46. The third-order valence-electron chi connectivity index (χ3n) is 2.90. The van der Waals surface area contributed by atoms with E-state index < -0.39 is 0 Å². The first-order valence-corrected chi connectivity index (χ1v) is 8.10. The van der Waals surface area contributed by atoms with E-state index in [-0.39, 0.29) is 0 Å². The molecule has 102 valence electrons. The fraction of sp³-hybridized carbons (Fsp3) is 0. The van der Waals surface area contributed by atoms with Crippen molar-refractivity contribution in [3.63, 3.8) is 0 Å². The Morgan fingerprint density at radius 1 is 0.476 bits per heavy atom. The second-order valence-corrected chi connectivity index (χ2v) is 6.61. The number of halogens is 3. The number of fused-ring (bicyclic) bond motifs is 6. The topological polar surface area (TPSA) is 77.3 Å². The van der Waals surface area contributed by atoms with E-state index in [0.29, 0.717) is 46.9 Å². The average molecular weight is 471 g/mol. The standard InChI is InChI=1S/C12H3Br3N6/c13-4-1-16-7-10(19-4)8-12(21-6(15)3-17-8)9-11(7)20-5(14)2-18-9/h1-3H. The Bertz CT molecular complexity index is 873. The summed E-state index contributed by atoms with van der Waals surface area (Å²) in [6.45, 7) is 0. The molecule has 0 amide bonds. The molecule has 4 aromatic rings. The Hall–Kier alpha value is -1.32. The summed E-state index contributed by atoms with van der Waals surface area (Å²) in [5.41, 5.74) is 3.85. The molecule has 0 aliphatic heterocycles. The number of hydrogen-bond donors (Lipinski definition) is 0. The summed E-state index contributed by atoms with van der Waals surface area (Å²) in [7, 11) is 0. The maximum atomic E-state index is 4.47. The van der Waals surface area contributed by atoms with E-state index in [9.17, 15) is 0 Å². The molecular weight excluding hydrogens is 468 g/mol. The molecule has 0 spiro atoms. The van der Waals surface area contributed by atoms with E-state index in [1.54, 1.807) is 18.6 Å². The Balaban J connectivity index is 2.39. The first kappa shape index (κ1) is 13.4. The van der Waals surface area contributed by atoms with Crippen LogP contribution in [0, 0.1) is 0 Å². The summed E-state index contributed by atoms with van der Waals surface area (Å²) < 4.78 is 1.88. The van der Waals surface area contributed by atoms with Gasteiger partial charge in [0, 0.05) is 0 Å². The van der Waals surface area contributed by atoms with Crippen LogP contribution >= 0.6 is 47.8 Å². The lowest BCUT2D eigenvalue weighted by Gasteiger charge is -2.06. The van der Waals surface area contributed by atoms with Crippen molar-refractivity contribution in [2.45, 2.75) is 0 Å². The van der Waals surface area contributed by atoms with Crippen LogP contribution in [0.3, 0.4) is 0 Å². The number of hydrogen-bond acceptors (Lipinski definition) is 6. The molecule has 0 saturated carbocycles. The molecule has 0 atom stereocenters. The Morgan fingerprint density at radius 2 is 0.762 bits per heavy atom. The first-order valence-electron chi connectivity index (χ1n) is 5.72. The summed E-state index contributed by atoms with van der Waals surface area (Å²) in [5.74, 6) is 0. The van der Waals surface area contributed by atoms with Crippen LogP contribution < -0.4 is 0 Å². The molecule has 0 aliphatic carbocycles. The number of rotatable bonds is 0. The van der Waals surface area contributed by atoms with Gasteiger partial charge < -0.3 is 0 Å². The zero-order chi connectivity index (χ0) is 14.6. The normalized spacial score (nSPS) is 11.6. The Labute approximate surface area is 142 Å². The number of benzene rings is 1. The summed E-state index contributed by atoms with van der Waals surface area (Å²) >= 11 is 10.0. The summed E-state index contributed by atoms with van der Waals surface area (Å²) in [6, 6.07) is 0. The van der Waals surface area contributed by atoms with Gasteiger partial charge in [-0.2, -0.15) is 0 Å². The van der Waals surface area contributed by atoms with Crippen LogP contribution in [-0.2, 0) is 0 Å². The van der Waals surface area contributed by atoms with Crippen LogP contribution in [0.1, 0.15) is 0 Å². The molecule has 1 aromatic carbocycles. The van der Waals surface area contributed by atoms with E-state index in [1.807, 2.05) is 0 Å². The maximum Gasteiger partial charge on any atom is 0.125 e. The zero-order valence-electron chi connectivity index (χ0n) is 10.0. The molecule has 0 fully saturated rings. The monoisotopic (exact) mass is 468 g/mol. The van der Waals surface area contributed by atoms with Crippen molar-refractivity contribution in [1.82, 2.24) is 29.9 Å². The summed E-state index contributed by atoms with van der Waals surface area (Å²) in [4.78, 5) is 26.6. The highest BCUT2D eigenvalue weighted by molar-refractivity contribution is 9.11. The molecule has 0 aliphatic rings. The molecule has 3 heterocycles. The Morgan fingerprint density at radius 3 is 1.05 bits per heavy atom. The highest BCUT2D eigenvalue weighted by Crippen LogP contribution is 2.30. The summed E-state index contributed by atoms with van der Waals surface area (Å²) in [5, 5.41) is 0. The minimum Gasteiger partial charge on any atom is -0.249 e. The predicted octanol–water partition coefficient (Wildman–Crippen LogP) is 3.80. The van der Waals surface area contributed by atoms with Crippen molar-refractivity contribution in [3.05, 3.63) is 32.4 Å². The zero-order valence-corrected chi connectivity index (χ0v) is 14.8. The molecule has 9 heteroatoms. The predicted molar refractivity (Wildman–Crippen MR) is 88.8 cm³/mol. The molecule has 0 unspecified atom stereocenters. The molecule has 0 bridgehead atoms.